The van der Waals surface area contributed by atoms with Gasteiger partial charge in [0.1, 0.15) is 0 Å². The fourth-order valence-corrected chi connectivity index (χ4v) is 2.90. The van der Waals surface area contributed by atoms with Crippen molar-refractivity contribution < 1.29 is 0 Å². The van der Waals surface area contributed by atoms with E-state index in [0.29, 0.717) is 6.04 Å². The van der Waals surface area contributed by atoms with Crippen LogP contribution in [0, 0.1) is 0 Å². The molecule has 4 heteroatoms. The minimum atomic E-state index is 0.103. The lowest BCUT2D eigenvalue weighted by Gasteiger charge is -2.21. The van der Waals surface area contributed by atoms with E-state index in [9.17, 15) is 0 Å². The van der Waals surface area contributed by atoms with E-state index in [-0.39, 0.29) is 6.04 Å². The normalized spacial score (nSPS) is 18.6. The molecule has 3 rings (SSSR count). The van der Waals surface area contributed by atoms with Gasteiger partial charge < -0.3 is 5.73 Å². The number of aromatic nitrogens is 3. The molecule has 0 fully saturated rings. The predicted octanol–water partition coefficient (Wildman–Crippen LogP) is 2.86. The third-order valence-corrected chi connectivity index (χ3v) is 3.77. The molecule has 0 saturated heterocycles. The lowest BCUT2D eigenvalue weighted by atomic mass is 9.90. The van der Waals surface area contributed by atoms with Gasteiger partial charge in [-0.2, -0.15) is 5.10 Å². The highest BCUT2D eigenvalue weighted by Crippen LogP contribution is 2.36. The number of fused-ring (bicyclic) bond motifs is 1. The first-order valence-corrected chi connectivity index (χ1v) is 6.95. The fourth-order valence-electron chi connectivity index (χ4n) is 2.90. The first-order valence-electron chi connectivity index (χ1n) is 6.95. The zero-order valence-electron chi connectivity index (χ0n) is 11.5. The van der Waals surface area contributed by atoms with Crippen molar-refractivity contribution >= 4 is 0 Å². The van der Waals surface area contributed by atoms with Crippen molar-refractivity contribution in [1.29, 1.82) is 0 Å². The molecule has 100 valence electrons. The lowest BCUT2D eigenvalue weighted by molar-refractivity contribution is 0.480. The molecule has 0 aliphatic heterocycles. The quantitative estimate of drug-likeness (QED) is 0.898. The summed E-state index contributed by atoms with van der Waals surface area (Å²) in [6, 6.07) is 4.47. The van der Waals surface area contributed by atoms with Crippen LogP contribution >= 0.6 is 0 Å². The molecule has 0 amide bonds. The number of nitrogens with zero attached hydrogens (tertiary/aromatic N) is 3. The monoisotopic (exact) mass is 256 g/mol. The molecular formula is C15H20N4. The molecular weight excluding hydrogens is 236 g/mol. The van der Waals surface area contributed by atoms with Gasteiger partial charge in [0.2, 0.25) is 0 Å². The molecule has 1 aliphatic rings. The molecule has 1 atom stereocenters. The second-order valence-electron chi connectivity index (χ2n) is 5.49. The topological polar surface area (TPSA) is 56.7 Å². The molecule has 0 bridgehead atoms. The Balaban J connectivity index is 2.20. The molecule has 0 saturated carbocycles. The maximum absolute atomic E-state index is 6.32. The number of rotatable bonds is 2. The summed E-state index contributed by atoms with van der Waals surface area (Å²) in [7, 11) is 0. The van der Waals surface area contributed by atoms with E-state index in [4.69, 9.17) is 10.8 Å². The van der Waals surface area contributed by atoms with Crippen molar-refractivity contribution in [2.45, 2.75) is 45.2 Å². The van der Waals surface area contributed by atoms with Gasteiger partial charge in [-0.1, -0.05) is 0 Å². The van der Waals surface area contributed by atoms with E-state index in [1.807, 2.05) is 12.3 Å². The first-order chi connectivity index (χ1) is 9.18. The Kier molecular flexibility index (Phi) is 3.11. The third kappa shape index (κ3) is 2.06. The molecule has 0 aromatic carbocycles. The SMILES string of the molecule is CC(C)n1nc(-c2cccnc2)c2c1CCCC2N. The van der Waals surface area contributed by atoms with Crippen LogP contribution in [0.15, 0.2) is 24.5 Å². The van der Waals surface area contributed by atoms with Crippen LogP contribution in [0.2, 0.25) is 0 Å². The van der Waals surface area contributed by atoms with Crippen molar-refractivity contribution in [1.82, 2.24) is 14.8 Å². The zero-order chi connectivity index (χ0) is 13.4. The van der Waals surface area contributed by atoms with E-state index in [0.717, 1.165) is 30.5 Å². The molecule has 1 unspecified atom stereocenters. The van der Waals surface area contributed by atoms with Gasteiger partial charge in [0.15, 0.2) is 0 Å². The zero-order valence-corrected chi connectivity index (χ0v) is 11.5. The summed E-state index contributed by atoms with van der Waals surface area (Å²) in [5.41, 5.74) is 10.9. The average Bonchev–Trinajstić information content (AvgIpc) is 2.81. The largest absolute Gasteiger partial charge is 0.324 e. The highest BCUT2D eigenvalue weighted by atomic mass is 15.3. The van der Waals surface area contributed by atoms with Gasteiger partial charge in [-0.25, -0.2) is 0 Å². The van der Waals surface area contributed by atoms with Crippen molar-refractivity contribution in [2.24, 2.45) is 5.73 Å². The number of nitrogens with two attached hydrogens (primary N) is 1. The molecule has 2 aromatic heterocycles. The van der Waals surface area contributed by atoms with E-state index in [1.54, 1.807) is 6.20 Å². The molecule has 2 heterocycles. The van der Waals surface area contributed by atoms with Gasteiger partial charge in [-0.3, -0.25) is 9.67 Å². The molecule has 0 spiro atoms. The standard InChI is InChI=1S/C15H20N4/c1-10(2)19-13-7-3-6-12(16)14(13)15(18-19)11-5-4-8-17-9-11/h4-5,8-10,12H,3,6-7,16H2,1-2H3. The van der Waals surface area contributed by atoms with Crippen molar-refractivity contribution in [3.05, 3.63) is 35.8 Å². The van der Waals surface area contributed by atoms with Gasteiger partial charge >= 0.3 is 0 Å². The molecule has 1 aliphatic carbocycles. The maximum atomic E-state index is 6.32. The predicted molar refractivity (Wildman–Crippen MR) is 75.7 cm³/mol. The Morgan fingerprint density at radius 3 is 2.95 bits per heavy atom. The van der Waals surface area contributed by atoms with E-state index < -0.39 is 0 Å². The fraction of sp³-hybridized carbons (Fsp3) is 0.467. The summed E-state index contributed by atoms with van der Waals surface area (Å²) >= 11 is 0. The van der Waals surface area contributed by atoms with E-state index in [1.165, 1.54) is 11.3 Å². The molecule has 19 heavy (non-hydrogen) atoms. The Hall–Kier alpha value is -1.68. The Morgan fingerprint density at radius 2 is 2.26 bits per heavy atom. The molecule has 4 nitrogen and oxygen atoms in total. The lowest BCUT2D eigenvalue weighted by Crippen LogP contribution is -2.19. The minimum Gasteiger partial charge on any atom is -0.324 e. The summed E-state index contributed by atoms with van der Waals surface area (Å²) in [4.78, 5) is 4.20. The summed E-state index contributed by atoms with van der Waals surface area (Å²) < 4.78 is 2.14. The van der Waals surface area contributed by atoms with Gasteiger partial charge in [-0.15, -0.1) is 0 Å². The molecule has 0 radical (unpaired) electrons. The van der Waals surface area contributed by atoms with Crippen LogP contribution in [0.1, 0.15) is 50.0 Å². The van der Waals surface area contributed by atoms with E-state index in [2.05, 4.69) is 29.6 Å². The van der Waals surface area contributed by atoms with Crippen molar-refractivity contribution in [3.63, 3.8) is 0 Å². The van der Waals surface area contributed by atoms with Crippen LogP contribution in [0.4, 0.5) is 0 Å². The van der Waals surface area contributed by atoms with Crippen LogP contribution in [-0.2, 0) is 6.42 Å². The Bertz CT molecular complexity index is 571. The van der Waals surface area contributed by atoms with Gasteiger partial charge in [0.05, 0.1) is 5.69 Å². The van der Waals surface area contributed by atoms with Crippen LogP contribution in [0.3, 0.4) is 0 Å². The summed E-state index contributed by atoms with van der Waals surface area (Å²) in [5.74, 6) is 0. The maximum Gasteiger partial charge on any atom is 0.0989 e. The van der Waals surface area contributed by atoms with Crippen LogP contribution in [0.5, 0.6) is 0 Å². The third-order valence-electron chi connectivity index (χ3n) is 3.77. The average molecular weight is 256 g/mol. The van der Waals surface area contributed by atoms with Crippen LogP contribution in [-0.4, -0.2) is 14.8 Å². The van der Waals surface area contributed by atoms with Crippen molar-refractivity contribution in [2.75, 3.05) is 0 Å². The number of hydrogen-bond donors (Lipinski definition) is 1. The van der Waals surface area contributed by atoms with Gasteiger partial charge in [0, 0.05) is 41.3 Å². The number of hydrogen-bond acceptors (Lipinski definition) is 3. The van der Waals surface area contributed by atoms with Crippen LogP contribution < -0.4 is 5.73 Å². The highest BCUT2D eigenvalue weighted by Gasteiger charge is 2.27. The Labute approximate surface area is 113 Å². The second-order valence-corrected chi connectivity index (χ2v) is 5.49. The highest BCUT2D eigenvalue weighted by molar-refractivity contribution is 5.64. The van der Waals surface area contributed by atoms with Crippen molar-refractivity contribution in [3.8, 4) is 11.3 Å². The smallest absolute Gasteiger partial charge is 0.0989 e. The summed E-state index contributed by atoms with van der Waals surface area (Å²) in [6.45, 7) is 4.33. The summed E-state index contributed by atoms with van der Waals surface area (Å²) in [6.07, 6.45) is 6.93. The number of pyridine rings is 1. The second kappa shape index (κ2) is 4.78. The molecule has 2 N–H and O–H groups in total. The van der Waals surface area contributed by atoms with E-state index >= 15 is 0 Å². The van der Waals surface area contributed by atoms with Gasteiger partial charge in [-0.05, 0) is 45.2 Å². The molecule has 2 aromatic rings. The first kappa shape index (κ1) is 12.4. The minimum absolute atomic E-state index is 0.103. The Morgan fingerprint density at radius 1 is 1.42 bits per heavy atom. The van der Waals surface area contributed by atoms with Gasteiger partial charge in [0.25, 0.3) is 0 Å². The summed E-state index contributed by atoms with van der Waals surface area (Å²) in [5, 5.41) is 4.81. The van der Waals surface area contributed by atoms with Crippen LogP contribution in [0.25, 0.3) is 11.3 Å².